The molecule has 0 aliphatic rings. The van der Waals surface area contributed by atoms with Crippen molar-refractivity contribution in [2.45, 2.75) is 66.0 Å². The average Bonchev–Trinajstić information content (AvgIpc) is 2.61. The van der Waals surface area contributed by atoms with E-state index < -0.39 is 0 Å². The van der Waals surface area contributed by atoms with Gasteiger partial charge in [-0.25, -0.2) is 0 Å². The van der Waals surface area contributed by atoms with Crippen molar-refractivity contribution in [2.75, 3.05) is 7.05 Å². The van der Waals surface area contributed by atoms with Crippen LogP contribution >= 0.6 is 0 Å². The van der Waals surface area contributed by atoms with Gasteiger partial charge in [0.1, 0.15) is 0 Å². The van der Waals surface area contributed by atoms with Gasteiger partial charge in [-0.15, -0.1) is 0 Å². The van der Waals surface area contributed by atoms with Gasteiger partial charge in [0.05, 0.1) is 11.7 Å². The van der Waals surface area contributed by atoms with E-state index in [4.69, 9.17) is 5.10 Å². The van der Waals surface area contributed by atoms with Gasteiger partial charge < -0.3 is 5.32 Å². The number of aromatic nitrogens is 2. The zero-order chi connectivity index (χ0) is 13.0. The number of aryl methyl sites for hydroxylation is 1. The maximum atomic E-state index is 4.75. The summed E-state index contributed by atoms with van der Waals surface area (Å²) in [4.78, 5) is 0. The molecule has 0 bridgehead atoms. The first-order valence-electron chi connectivity index (χ1n) is 6.83. The molecular formula is C14H27N3. The molecule has 3 heteroatoms. The Labute approximate surface area is 106 Å². The van der Waals surface area contributed by atoms with Crippen LogP contribution in [-0.2, 0) is 0 Å². The van der Waals surface area contributed by atoms with E-state index in [2.05, 4.69) is 44.6 Å². The summed E-state index contributed by atoms with van der Waals surface area (Å²) in [6.07, 6.45) is 3.40. The SMILES string of the molecule is CCC(NC)c1c(C)nn(C(CC)CC)c1C. The van der Waals surface area contributed by atoms with Gasteiger partial charge in [-0.2, -0.15) is 5.10 Å². The molecule has 0 aliphatic heterocycles. The molecular weight excluding hydrogens is 210 g/mol. The van der Waals surface area contributed by atoms with E-state index in [-0.39, 0.29) is 0 Å². The van der Waals surface area contributed by atoms with Crippen molar-refractivity contribution in [2.24, 2.45) is 0 Å². The minimum atomic E-state index is 0.429. The van der Waals surface area contributed by atoms with Crippen LogP contribution < -0.4 is 5.32 Å². The normalized spacial score (nSPS) is 13.4. The van der Waals surface area contributed by atoms with Crippen molar-refractivity contribution in [3.63, 3.8) is 0 Å². The van der Waals surface area contributed by atoms with E-state index in [1.807, 2.05) is 7.05 Å². The van der Waals surface area contributed by atoms with Crippen molar-refractivity contribution >= 4 is 0 Å². The second-order valence-electron chi connectivity index (χ2n) is 4.75. The molecule has 0 spiro atoms. The van der Waals surface area contributed by atoms with Gasteiger partial charge in [0.25, 0.3) is 0 Å². The molecule has 1 unspecified atom stereocenters. The molecule has 0 amide bonds. The molecule has 17 heavy (non-hydrogen) atoms. The minimum absolute atomic E-state index is 0.429. The number of nitrogens with zero attached hydrogens (tertiary/aromatic N) is 2. The van der Waals surface area contributed by atoms with Gasteiger partial charge in [-0.3, -0.25) is 4.68 Å². The second kappa shape index (κ2) is 6.20. The Morgan fingerprint density at radius 1 is 1.12 bits per heavy atom. The summed E-state index contributed by atoms with van der Waals surface area (Å²) in [6.45, 7) is 11.0. The summed E-state index contributed by atoms with van der Waals surface area (Å²) in [6, 6.07) is 0.968. The van der Waals surface area contributed by atoms with Crippen LogP contribution in [0.4, 0.5) is 0 Å². The highest BCUT2D eigenvalue weighted by atomic mass is 15.3. The lowest BCUT2D eigenvalue weighted by atomic mass is 10.0. The molecule has 1 aromatic heterocycles. The third-order valence-electron chi connectivity index (χ3n) is 3.77. The summed E-state index contributed by atoms with van der Waals surface area (Å²) in [5.41, 5.74) is 3.90. The highest BCUT2D eigenvalue weighted by Gasteiger charge is 2.20. The topological polar surface area (TPSA) is 29.9 Å². The summed E-state index contributed by atoms with van der Waals surface area (Å²) in [5, 5.41) is 8.13. The van der Waals surface area contributed by atoms with Crippen molar-refractivity contribution in [1.82, 2.24) is 15.1 Å². The van der Waals surface area contributed by atoms with Crippen molar-refractivity contribution in [1.29, 1.82) is 0 Å². The lowest BCUT2D eigenvalue weighted by Crippen LogP contribution is -2.17. The van der Waals surface area contributed by atoms with Crippen LogP contribution in [0.1, 0.15) is 69.1 Å². The van der Waals surface area contributed by atoms with Gasteiger partial charge in [-0.05, 0) is 40.2 Å². The molecule has 0 aromatic carbocycles. The van der Waals surface area contributed by atoms with E-state index in [0.29, 0.717) is 12.1 Å². The summed E-state index contributed by atoms with van der Waals surface area (Å²) >= 11 is 0. The smallest absolute Gasteiger partial charge is 0.0644 e. The first-order valence-corrected chi connectivity index (χ1v) is 6.83. The first kappa shape index (κ1) is 14.2. The van der Waals surface area contributed by atoms with Crippen LogP contribution in [0.25, 0.3) is 0 Å². The molecule has 0 radical (unpaired) electrons. The zero-order valence-electron chi connectivity index (χ0n) is 12.2. The van der Waals surface area contributed by atoms with E-state index in [1.165, 1.54) is 17.0 Å². The van der Waals surface area contributed by atoms with Crippen LogP contribution in [0.15, 0.2) is 0 Å². The predicted molar refractivity (Wildman–Crippen MR) is 73.4 cm³/mol. The molecule has 0 saturated carbocycles. The molecule has 3 nitrogen and oxygen atoms in total. The Balaban J connectivity index is 3.17. The van der Waals surface area contributed by atoms with E-state index in [1.54, 1.807) is 0 Å². The maximum absolute atomic E-state index is 4.75. The lowest BCUT2D eigenvalue weighted by molar-refractivity contribution is 0.417. The monoisotopic (exact) mass is 237 g/mol. The predicted octanol–water partition coefficient (Wildman–Crippen LogP) is 3.53. The minimum Gasteiger partial charge on any atom is -0.313 e. The Kier molecular flexibility index (Phi) is 5.19. The summed E-state index contributed by atoms with van der Waals surface area (Å²) in [5.74, 6) is 0. The molecule has 1 rings (SSSR count). The number of rotatable bonds is 6. The van der Waals surface area contributed by atoms with Gasteiger partial charge in [0.15, 0.2) is 0 Å². The molecule has 0 fully saturated rings. The van der Waals surface area contributed by atoms with E-state index in [0.717, 1.165) is 19.3 Å². The van der Waals surface area contributed by atoms with Gasteiger partial charge in [0.2, 0.25) is 0 Å². The largest absolute Gasteiger partial charge is 0.313 e. The number of hydrogen-bond acceptors (Lipinski definition) is 2. The number of nitrogens with one attached hydrogen (secondary N) is 1. The van der Waals surface area contributed by atoms with E-state index in [9.17, 15) is 0 Å². The Morgan fingerprint density at radius 3 is 2.12 bits per heavy atom. The fraction of sp³-hybridized carbons (Fsp3) is 0.786. The standard InChI is InChI=1S/C14H27N3/c1-7-12(8-2)17-11(5)14(10(4)16-17)13(9-3)15-6/h12-13,15H,7-9H2,1-6H3. The molecule has 1 N–H and O–H groups in total. The first-order chi connectivity index (χ1) is 8.10. The van der Waals surface area contributed by atoms with Crippen LogP contribution in [0.5, 0.6) is 0 Å². The van der Waals surface area contributed by atoms with Crippen LogP contribution in [0, 0.1) is 13.8 Å². The summed E-state index contributed by atoms with van der Waals surface area (Å²) < 4.78 is 2.23. The highest BCUT2D eigenvalue weighted by molar-refractivity contribution is 5.28. The quantitative estimate of drug-likeness (QED) is 0.820. The fourth-order valence-corrected chi connectivity index (χ4v) is 2.72. The zero-order valence-corrected chi connectivity index (χ0v) is 12.2. The Morgan fingerprint density at radius 2 is 1.71 bits per heavy atom. The van der Waals surface area contributed by atoms with Crippen molar-refractivity contribution < 1.29 is 0 Å². The fourth-order valence-electron chi connectivity index (χ4n) is 2.72. The summed E-state index contributed by atoms with van der Waals surface area (Å²) in [7, 11) is 2.03. The Bertz CT molecular complexity index is 347. The number of hydrogen-bond donors (Lipinski definition) is 1. The van der Waals surface area contributed by atoms with Crippen LogP contribution in [0.2, 0.25) is 0 Å². The van der Waals surface area contributed by atoms with Crippen molar-refractivity contribution in [3.05, 3.63) is 17.0 Å². The van der Waals surface area contributed by atoms with Crippen molar-refractivity contribution in [3.8, 4) is 0 Å². The second-order valence-corrected chi connectivity index (χ2v) is 4.75. The Hall–Kier alpha value is -0.830. The van der Waals surface area contributed by atoms with Gasteiger partial charge in [0, 0.05) is 17.3 Å². The molecule has 0 saturated heterocycles. The maximum Gasteiger partial charge on any atom is 0.0644 e. The molecule has 0 aliphatic carbocycles. The third kappa shape index (κ3) is 2.71. The van der Waals surface area contributed by atoms with Gasteiger partial charge >= 0.3 is 0 Å². The molecule has 1 atom stereocenters. The molecule has 1 aromatic rings. The van der Waals surface area contributed by atoms with E-state index >= 15 is 0 Å². The molecule has 1 heterocycles. The van der Waals surface area contributed by atoms with Gasteiger partial charge in [-0.1, -0.05) is 20.8 Å². The molecule has 98 valence electrons. The highest BCUT2D eigenvalue weighted by Crippen LogP contribution is 2.27. The van der Waals surface area contributed by atoms with Crippen LogP contribution in [-0.4, -0.2) is 16.8 Å². The van der Waals surface area contributed by atoms with Crippen LogP contribution in [0.3, 0.4) is 0 Å². The lowest BCUT2D eigenvalue weighted by Gasteiger charge is -2.18. The third-order valence-corrected chi connectivity index (χ3v) is 3.77. The average molecular weight is 237 g/mol.